The highest BCUT2D eigenvalue weighted by Gasteiger charge is 2.15. The van der Waals surface area contributed by atoms with Crippen molar-refractivity contribution in [2.45, 2.75) is 19.9 Å². The van der Waals surface area contributed by atoms with Crippen LogP contribution >= 0.6 is 27.5 Å². The molecule has 80 valence electrons. The Morgan fingerprint density at radius 3 is 2.73 bits per heavy atom. The van der Waals surface area contributed by atoms with Gasteiger partial charge in [0.25, 0.3) is 0 Å². The van der Waals surface area contributed by atoms with Crippen LogP contribution in [-0.2, 0) is 0 Å². The van der Waals surface area contributed by atoms with E-state index in [1.807, 2.05) is 26.0 Å². The van der Waals surface area contributed by atoms with Crippen molar-refractivity contribution in [3.63, 3.8) is 0 Å². The maximum atomic E-state index is 5.98. The normalized spacial score (nSPS) is 13.4. The first-order chi connectivity index (χ1) is 7.00. The van der Waals surface area contributed by atoms with Gasteiger partial charge in [-0.1, -0.05) is 11.6 Å². The number of hydrogen-bond donors (Lipinski definition) is 1. The van der Waals surface area contributed by atoms with E-state index >= 15 is 0 Å². The van der Waals surface area contributed by atoms with Crippen molar-refractivity contribution >= 4 is 38.5 Å². The van der Waals surface area contributed by atoms with E-state index in [1.54, 1.807) is 0 Å². The molecule has 4 heteroatoms. The van der Waals surface area contributed by atoms with Crippen LogP contribution in [0, 0.1) is 6.92 Å². The van der Waals surface area contributed by atoms with Gasteiger partial charge in [-0.25, -0.2) is 0 Å². The summed E-state index contributed by atoms with van der Waals surface area (Å²) in [5.74, 6) is 0.813. The fraction of sp³-hybridized carbons (Fsp3) is 0.273. The lowest BCUT2D eigenvalue weighted by Crippen LogP contribution is -2.04. The molecule has 0 amide bonds. The van der Waals surface area contributed by atoms with Crippen molar-refractivity contribution in [1.82, 2.24) is 0 Å². The van der Waals surface area contributed by atoms with Crippen molar-refractivity contribution in [2.75, 3.05) is 0 Å². The van der Waals surface area contributed by atoms with Crippen LogP contribution in [0.3, 0.4) is 0 Å². The zero-order valence-electron chi connectivity index (χ0n) is 8.47. The lowest BCUT2D eigenvalue weighted by molar-refractivity contribution is 0.508. The second-order valence-electron chi connectivity index (χ2n) is 3.64. The minimum Gasteiger partial charge on any atom is -0.458 e. The minimum absolute atomic E-state index is 0.108. The number of furan rings is 1. The van der Waals surface area contributed by atoms with Gasteiger partial charge >= 0.3 is 0 Å². The molecule has 2 N–H and O–H groups in total. The standard InChI is InChI=1S/C11H11BrClNO/c1-5-8-3-7(13)4-9(12)11(8)15-10(5)6(2)14/h3-4,6H,14H2,1-2H3. The van der Waals surface area contributed by atoms with E-state index in [0.717, 1.165) is 26.8 Å². The van der Waals surface area contributed by atoms with Gasteiger partial charge in [0.2, 0.25) is 0 Å². The van der Waals surface area contributed by atoms with E-state index in [0.29, 0.717) is 5.02 Å². The maximum absolute atomic E-state index is 5.98. The van der Waals surface area contributed by atoms with E-state index in [4.69, 9.17) is 21.8 Å². The van der Waals surface area contributed by atoms with Gasteiger partial charge in [-0.2, -0.15) is 0 Å². The highest BCUT2D eigenvalue weighted by molar-refractivity contribution is 9.10. The SMILES string of the molecule is Cc1c(C(C)N)oc2c(Br)cc(Cl)cc12. The van der Waals surface area contributed by atoms with Crippen molar-refractivity contribution in [1.29, 1.82) is 0 Å². The van der Waals surface area contributed by atoms with Crippen LogP contribution in [0.15, 0.2) is 21.0 Å². The minimum atomic E-state index is -0.108. The highest BCUT2D eigenvalue weighted by atomic mass is 79.9. The van der Waals surface area contributed by atoms with Gasteiger partial charge < -0.3 is 10.2 Å². The van der Waals surface area contributed by atoms with Gasteiger partial charge in [-0.3, -0.25) is 0 Å². The monoisotopic (exact) mass is 287 g/mol. The smallest absolute Gasteiger partial charge is 0.148 e. The zero-order valence-corrected chi connectivity index (χ0v) is 10.8. The molecule has 15 heavy (non-hydrogen) atoms. The van der Waals surface area contributed by atoms with Crippen molar-refractivity contribution in [3.8, 4) is 0 Å². The number of benzene rings is 1. The Bertz CT molecular complexity index is 519. The quantitative estimate of drug-likeness (QED) is 0.855. The number of halogens is 2. The Morgan fingerprint density at radius 2 is 2.13 bits per heavy atom. The summed E-state index contributed by atoms with van der Waals surface area (Å²) in [5.41, 5.74) is 7.69. The Morgan fingerprint density at radius 1 is 1.47 bits per heavy atom. The van der Waals surface area contributed by atoms with Crippen molar-refractivity contribution in [2.24, 2.45) is 5.73 Å². The predicted molar refractivity (Wildman–Crippen MR) is 66.3 cm³/mol. The Balaban J connectivity index is 2.82. The summed E-state index contributed by atoms with van der Waals surface area (Å²) in [6, 6.07) is 3.60. The summed E-state index contributed by atoms with van der Waals surface area (Å²) < 4.78 is 6.58. The number of aryl methyl sites for hydroxylation is 1. The van der Waals surface area contributed by atoms with Gasteiger partial charge in [0.15, 0.2) is 0 Å². The second-order valence-corrected chi connectivity index (χ2v) is 4.94. The lowest BCUT2D eigenvalue weighted by atomic mass is 10.1. The molecule has 2 nitrogen and oxygen atoms in total. The molecule has 0 saturated carbocycles. The average Bonchev–Trinajstić information content (AvgIpc) is 2.44. The third kappa shape index (κ3) is 1.80. The first-order valence-corrected chi connectivity index (χ1v) is 5.81. The molecular formula is C11H11BrClNO. The topological polar surface area (TPSA) is 39.2 Å². The first-order valence-electron chi connectivity index (χ1n) is 4.64. The summed E-state index contributed by atoms with van der Waals surface area (Å²) in [6.07, 6.45) is 0. The van der Waals surface area contributed by atoms with Crippen LogP contribution in [0.2, 0.25) is 5.02 Å². The Hall–Kier alpha value is -0.510. The molecule has 1 heterocycles. The van der Waals surface area contributed by atoms with E-state index in [9.17, 15) is 0 Å². The maximum Gasteiger partial charge on any atom is 0.148 e. The Labute approximate surface area is 102 Å². The van der Waals surface area contributed by atoms with Crippen LogP contribution in [0.25, 0.3) is 11.0 Å². The van der Waals surface area contributed by atoms with E-state index in [2.05, 4.69) is 15.9 Å². The van der Waals surface area contributed by atoms with Gasteiger partial charge in [0, 0.05) is 16.0 Å². The summed E-state index contributed by atoms with van der Waals surface area (Å²) in [5, 5.41) is 1.70. The molecule has 0 saturated heterocycles. The number of hydrogen-bond acceptors (Lipinski definition) is 2. The van der Waals surface area contributed by atoms with E-state index in [1.165, 1.54) is 0 Å². The van der Waals surface area contributed by atoms with Crippen LogP contribution < -0.4 is 5.73 Å². The second kappa shape index (κ2) is 3.81. The fourth-order valence-electron chi connectivity index (χ4n) is 1.70. The summed E-state index contributed by atoms with van der Waals surface area (Å²) >= 11 is 9.41. The molecule has 1 aromatic carbocycles. The van der Waals surface area contributed by atoms with Crippen LogP contribution in [0.1, 0.15) is 24.3 Å². The van der Waals surface area contributed by atoms with Crippen molar-refractivity contribution in [3.05, 3.63) is 33.0 Å². The van der Waals surface area contributed by atoms with Crippen LogP contribution in [0.5, 0.6) is 0 Å². The fourth-order valence-corrected chi connectivity index (χ4v) is 2.59. The van der Waals surface area contributed by atoms with Gasteiger partial charge in [0.05, 0.1) is 10.5 Å². The van der Waals surface area contributed by atoms with E-state index in [-0.39, 0.29) is 6.04 Å². The summed E-state index contributed by atoms with van der Waals surface area (Å²) in [7, 11) is 0. The largest absolute Gasteiger partial charge is 0.458 e. The number of rotatable bonds is 1. The molecule has 0 aliphatic rings. The third-order valence-electron chi connectivity index (χ3n) is 2.41. The van der Waals surface area contributed by atoms with Crippen LogP contribution in [-0.4, -0.2) is 0 Å². The van der Waals surface area contributed by atoms with E-state index < -0.39 is 0 Å². The molecule has 0 aliphatic heterocycles. The summed E-state index contributed by atoms with van der Waals surface area (Å²) in [4.78, 5) is 0. The molecule has 1 unspecified atom stereocenters. The third-order valence-corrected chi connectivity index (χ3v) is 3.21. The molecule has 2 rings (SSSR count). The average molecular weight is 289 g/mol. The molecular weight excluding hydrogens is 277 g/mol. The molecule has 0 bridgehead atoms. The molecule has 2 aromatic rings. The molecule has 1 aromatic heterocycles. The number of fused-ring (bicyclic) bond motifs is 1. The summed E-state index contributed by atoms with van der Waals surface area (Å²) in [6.45, 7) is 3.90. The molecule has 0 fully saturated rings. The lowest BCUT2D eigenvalue weighted by Gasteiger charge is -2.00. The molecule has 0 aliphatic carbocycles. The molecule has 0 spiro atoms. The van der Waals surface area contributed by atoms with Crippen LogP contribution in [0.4, 0.5) is 0 Å². The molecule has 0 radical (unpaired) electrons. The van der Waals surface area contributed by atoms with Crippen molar-refractivity contribution < 1.29 is 4.42 Å². The zero-order chi connectivity index (χ0) is 11.2. The highest BCUT2D eigenvalue weighted by Crippen LogP contribution is 2.35. The number of nitrogens with two attached hydrogens (primary N) is 1. The first kappa shape index (κ1) is 11.0. The van der Waals surface area contributed by atoms with Gasteiger partial charge in [0.1, 0.15) is 11.3 Å². The van der Waals surface area contributed by atoms with Gasteiger partial charge in [-0.15, -0.1) is 0 Å². The predicted octanol–water partition coefficient (Wildman–Crippen LogP) is 4.18. The molecule has 1 atom stereocenters. The Kier molecular flexibility index (Phi) is 2.79. The van der Waals surface area contributed by atoms with Gasteiger partial charge in [-0.05, 0) is 41.9 Å².